The molecule has 6 saturated carbocycles. The molecule has 0 N–H and O–H groups in total. The molecule has 0 heterocycles. The molecule has 88 valence electrons. The second-order valence-corrected chi connectivity index (χ2v) is 9.80. The second-order valence-electron chi connectivity index (χ2n) is 5.27. The predicted molar refractivity (Wildman–Crippen MR) is 68.7 cm³/mol. The van der Waals surface area contributed by atoms with Gasteiger partial charge in [0.25, 0.3) is 0 Å². The van der Waals surface area contributed by atoms with Gasteiger partial charge in [0.1, 0.15) is 39.0 Å². The van der Waals surface area contributed by atoms with Crippen molar-refractivity contribution in [2.45, 2.75) is 39.0 Å². The lowest BCUT2D eigenvalue weighted by atomic mass is 8.98. The van der Waals surface area contributed by atoms with Gasteiger partial charge in [-0.2, -0.15) is 0 Å². The molecule has 0 amide bonds. The van der Waals surface area contributed by atoms with Crippen molar-refractivity contribution in [3.63, 3.8) is 0 Å². The minimum atomic E-state index is -1.07. The van der Waals surface area contributed by atoms with E-state index in [-0.39, 0.29) is 0 Å². The van der Waals surface area contributed by atoms with Crippen molar-refractivity contribution in [3.8, 4) is 0 Å². The maximum atomic E-state index is 6.43. The number of alkyl halides is 8. The molecule has 6 rings (SSSR count). The number of rotatable bonds is 0. The fourth-order valence-corrected chi connectivity index (χ4v) is 13.3. The maximum absolute atomic E-state index is 6.43. The number of hydrogen-bond donors (Lipinski definition) is 0. The van der Waals surface area contributed by atoms with Gasteiger partial charge in [0.05, 0.1) is 0 Å². The van der Waals surface area contributed by atoms with Gasteiger partial charge in [0, 0.05) is 0 Å². The SMILES string of the molecule is ClC12C3(Cl)C4(Cl)C1(Cl)C1(Cl)C2(Cl)C3(Cl)C41Cl. The second kappa shape index (κ2) is 1.82. The summed E-state index contributed by atoms with van der Waals surface area (Å²) < 4.78 is 0. The Morgan fingerprint density at radius 3 is 0.375 bits per heavy atom. The van der Waals surface area contributed by atoms with Gasteiger partial charge in [-0.25, -0.2) is 0 Å². The highest BCUT2D eigenvalue weighted by molar-refractivity contribution is 6.81. The molecule has 16 heavy (non-hydrogen) atoms. The number of halogens is 8. The Balaban J connectivity index is 1.95. The summed E-state index contributed by atoms with van der Waals surface area (Å²) in [6.07, 6.45) is 0. The van der Waals surface area contributed by atoms with Crippen LogP contribution >= 0.6 is 92.8 Å². The quantitative estimate of drug-likeness (QED) is 0.560. The molecule has 0 atom stereocenters. The molecule has 0 saturated heterocycles. The zero-order valence-corrected chi connectivity index (χ0v) is 13.1. The first-order valence-electron chi connectivity index (χ1n) is 4.51. The molecular weight excluding hydrogens is 380 g/mol. The monoisotopic (exact) mass is 376 g/mol. The third-order valence-corrected chi connectivity index (χ3v) is 13.7. The Bertz CT molecular complexity index is 332. The van der Waals surface area contributed by atoms with Crippen molar-refractivity contribution in [1.82, 2.24) is 0 Å². The molecule has 0 bridgehead atoms. The van der Waals surface area contributed by atoms with Gasteiger partial charge in [-0.15, -0.1) is 92.8 Å². The fraction of sp³-hybridized carbons (Fsp3) is 1.00. The first kappa shape index (κ1) is 11.0. The third-order valence-electron chi connectivity index (χ3n) is 5.70. The van der Waals surface area contributed by atoms with Gasteiger partial charge in [-0.1, -0.05) is 0 Å². The van der Waals surface area contributed by atoms with E-state index in [2.05, 4.69) is 0 Å². The highest BCUT2D eigenvalue weighted by Crippen LogP contribution is 3.20. The summed E-state index contributed by atoms with van der Waals surface area (Å²) in [6.45, 7) is 0. The molecule has 6 aliphatic carbocycles. The Morgan fingerprint density at radius 2 is 0.312 bits per heavy atom. The van der Waals surface area contributed by atoms with Crippen molar-refractivity contribution in [2.24, 2.45) is 0 Å². The van der Waals surface area contributed by atoms with E-state index in [9.17, 15) is 0 Å². The van der Waals surface area contributed by atoms with Crippen molar-refractivity contribution < 1.29 is 0 Å². The highest BCUT2D eigenvalue weighted by atomic mass is 35.5. The Kier molecular flexibility index (Phi) is 1.26. The standard InChI is InChI=1S/C8Cl8/c9-1-2(10)5(13)3(1,11)7(15)4(1,12)6(2,14)8(5,7)16. The van der Waals surface area contributed by atoms with E-state index >= 15 is 0 Å². The van der Waals surface area contributed by atoms with Crippen LogP contribution in [0, 0.1) is 0 Å². The topological polar surface area (TPSA) is 0 Å². The summed E-state index contributed by atoms with van der Waals surface area (Å²) in [5.41, 5.74) is 0. The molecule has 0 aromatic carbocycles. The average Bonchev–Trinajstić information content (AvgIpc) is 2.27. The van der Waals surface area contributed by atoms with E-state index in [0.717, 1.165) is 0 Å². The molecule has 0 aliphatic heterocycles. The first-order valence-corrected chi connectivity index (χ1v) is 7.54. The van der Waals surface area contributed by atoms with E-state index in [1.54, 1.807) is 0 Å². The van der Waals surface area contributed by atoms with Crippen LogP contribution in [0.15, 0.2) is 0 Å². The summed E-state index contributed by atoms with van der Waals surface area (Å²) in [7, 11) is 0. The van der Waals surface area contributed by atoms with E-state index < -0.39 is 39.0 Å². The summed E-state index contributed by atoms with van der Waals surface area (Å²) in [4.78, 5) is -8.56. The van der Waals surface area contributed by atoms with Crippen LogP contribution in [0.3, 0.4) is 0 Å². The van der Waals surface area contributed by atoms with Crippen LogP contribution in [-0.2, 0) is 0 Å². The minimum absolute atomic E-state index is 1.07. The number of hydrogen-bond acceptors (Lipinski definition) is 0. The fourth-order valence-electron chi connectivity index (χ4n) is 5.32. The molecule has 6 aliphatic rings. The van der Waals surface area contributed by atoms with Crippen LogP contribution in [0.4, 0.5) is 0 Å². The molecule has 0 unspecified atom stereocenters. The zero-order valence-electron chi connectivity index (χ0n) is 7.02. The van der Waals surface area contributed by atoms with E-state index in [1.165, 1.54) is 0 Å². The van der Waals surface area contributed by atoms with Crippen molar-refractivity contribution in [1.29, 1.82) is 0 Å². The maximum Gasteiger partial charge on any atom is 0.113 e. The van der Waals surface area contributed by atoms with Crippen LogP contribution < -0.4 is 0 Å². The predicted octanol–water partition coefficient (Wildman–Crippen LogP) is 3.88. The Hall–Kier alpha value is 2.32. The molecule has 0 aromatic heterocycles. The third kappa shape index (κ3) is 0.315. The van der Waals surface area contributed by atoms with Gasteiger partial charge >= 0.3 is 0 Å². The average molecular weight is 380 g/mol. The van der Waals surface area contributed by atoms with Crippen LogP contribution in [0.2, 0.25) is 0 Å². The normalized spacial score (nSPS) is 97.5. The molecule has 0 radical (unpaired) electrons. The van der Waals surface area contributed by atoms with Crippen molar-refractivity contribution in [2.75, 3.05) is 0 Å². The lowest BCUT2D eigenvalue weighted by Crippen LogP contribution is -3.44. The van der Waals surface area contributed by atoms with Gasteiger partial charge in [-0.3, -0.25) is 0 Å². The first-order chi connectivity index (χ1) is 7.00. The molecule has 6 fully saturated rings. The molecular formula is C8Cl8. The Morgan fingerprint density at radius 1 is 0.250 bits per heavy atom. The van der Waals surface area contributed by atoms with Gasteiger partial charge in [0.2, 0.25) is 0 Å². The van der Waals surface area contributed by atoms with Crippen LogP contribution in [0.25, 0.3) is 0 Å². The molecule has 0 spiro atoms. The van der Waals surface area contributed by atoms with Crippen LogP contribution in [-0.4, -0.2) is 39.0 Å². The molecule has 0 aromatic rings. The zero-order chi connectivity index (χ0) is 12.0. The van der Waals surface area contributed by atoms with Gasteiger partial charge in [-0.05, 0) is 0 Å². The van der Waals surface area contributed by atoms with E-state index in [1.807, 2.05) is 0 Å². The van der Waals surface area contributed by atoms with Crippen molar-refractivity contribution >= 4 is 92.8 Å². The minimum Gasteiger partial charge on any atom is -0.113 e. The smallest absolute Gasteiger partial charge is 0.113 e. The summed E-state index contributed by atoms with van der Waals surface area (Å²) in [5.74, 6) is 0. The highest BCUT2D eigenvalue weighted by Gasteiger charge is 3.41. The van der Waals surface area contributed by atoms with E-state index in [4.69, 9.17) is 92.8 Å². The molecule has 0 nitrogen and oxygen atoms in total. The van der Waals surface area contributed by atoms with Crippen LogP contribution in [0.5, 0.6) is 0 Å². The van der Waals surface area contributed by atoms with Gasteiger partial charge < -0.3 is 0 Å². The van der Waals surface area contributed by atoms with Gasteiger partial charge in [0.15, 0.2) is 0 Å². The molecule has 8 heteroatoms. The lowest BCUT2D eigenvalue weighted by molar-refractivity contribution is -0.426. The largest absolute Gasteiger partial charge is 0.113 e. The lowest BCUT2D eigenvalue weighted by Gasteiger charge is -3.21. The van der Waals surface area contributed by atoms with Crippen molar-refractivity contribution in [3.05, 3.63) is 0 Å². The Labute approximate surface area is 131 Å². The summed E-state index contributed by atoms with van der Waals surface area (Å²) >= 11 is 51.4. The van der Waals surface area contributed by atoms with E-state index in [0.29, 0.717) is 0 Å². The van der Waals surface area contributed by atoms with Crippen LogP contribution in [0.1, 0.15) is 0 Å². The summed E-state index contributed by atoms with van der Waals surface area (Å²) in [5, 5.41) is 0. The summed E-state index contributed by atoms with van der Waals surface area (Å²) in [6, 6.07) is 0.